The Balaban J connectivity index is 1.58. The molecule has 21 heavy (non-hydrogen) atoms. The summed E-state index contributed by atoms with van der Waals surface area (Å²) in [5.41, 5.74) is 10.7. The van der Waals surface area contributed by atoms with Gasteiger partial charge in [-0.2, -0.15) is 0 Å². The van der Waals surface area contributed by atoms with Gasteiger partial charge in [-0.05, 0) is 42.3 Å². The molecule has 3 rings (SSSR count). The lowest BCUT2D eigenvalue weighted by Crippen LogP contribution is -2.46. The quantitative estimate of drug-likeness (QED) is 0.878. The predicted octanol–water partition coefficient (Wildman–Crippen LogP) is 2.90. The average Bonchev–Trinajstić information content (AvgIpc) is 2.51. The summed E-state index contributed by atoms with van der Waals surface area (Å²) in [6.07, 6.45) is 0. The van der Waals surface area contributed by atoms with Crippen LogP contribution < -0.4 is 10.6 Å². The van der Waals surface area contributed by atoms with Crippen molar-refractivity contribution in [3.05, 3.63) is 59.7 Å². The van der Waals surface area contributed by atoms with Crippen molar-refractivity contribution in [1.82, 2.24) is 4.90 Å². The minimum Gasteiger partial charge on any atom is -0.399 e. The van der Waals surface area contributed by atoms with E-state index < -0.39 is 0 Å². The van der Waals surface area contributed by atoms with Crippen LogP contribution in [0.3, 0.4) is 0 Å². The maximum atomic E-state index is 5.75. The molecule has 0 radical (unpaired) electrons. The SMILES string of the molecule is Cc1ccccc1CN1CCN(c2ccc(N)cc2)CC1. The number of hydrogen-bond acceptors (Lipinski definition) is 3. The second kappa shape index (κ2) is 6.19. The van der Waals surface area contributed by atoms with E-state index in [0.29, 0.717) is 0 Å². The zero-order chi connectivity index (χ0) is 14.7. The Labute approximate surface area is 127 Å². The molecule has 3 heteroatoms. The van der Waals surface area contributed by atoms with Gasteiger partial charge in [0.15, 0.2) is 0 Å². The van der Waals surface area contributed by atoms with E-state index in [1.807, 2.05) is 12.1 Å². The zero-order valence-corrected chi connectivity index (χ0v) is 12.6. The first-order valence-electron chi connectivity index (χ1n) is 7.60. The van der Waals surface area contributed by atoms with Gasteiger partial charge in [0.05, 0.1) is 0 Å². The first kappa shape index (κ1) is 14.0. The number of piperazine rings is 1. The van der Waals surface area contributed by atoms with E-state index in [4.69, 9.17) is 5.73 Å². The summed E-state index contributed by atoms with van der Waals surface area (Å²) in [5, 5.41) is 0. The van der Waals surface area contributed by atoms with Crippen LogP contribution in [0.15, 0.2) is 48.5 Å². The summed E-state index contributed by atoms with van der Waals surface area (Å²) in [6, 6.07) is 16.9. The molecule has 1 aliphatic heterocycles. The Kier molecular flexibility index (Phi) is 4.11. The highest BCUT2D eigenvalue weighted by Gasteiger charge is 2.17. The molecule has 0 aliphatic carbocycles. The van der Waals surface area contributed by atoms with Crippen LogP contribution in [-0.2, 0) is 6.54 Å². The van der Waals surface area contributed by atoms with Crippen molar-refractivity contribution in [2.45, 2.75) is 13.5 Å². The Morgan fingerprint density at radius 2 is 1.57 bits per heavy atom. The summed E-state index contributed by atoms with van der Waals surface area (Å²) in [5.74, 6) is 0. The summed E-state index contributed by atoms with van der Waals surface area (Å²) in [6.45, 7) is 7.63. The van der Waals surface area contributed by atoms with E-state index in [9.17, 15) is 0 Å². The van der Waals surface area contributed by atoms with Gasteiger partial charge in [0, 0.05) is 44.1 Å². The van der Waals surface area contributed by atoms with Crippen molar-refractivity contribution >= 4 is 11.4 Å². The van der Waals surface area contributed by atoms with E-state index >= 15 is 0 Å². The van der Waals surface area contributed by atoms with Crippen molar-refractivity contribution < 1.29 is 0 Å². The number of anilines is 2. The molecule has 1 heterocycles. The van der Waals surface area contributed by atoms with Crippen LogP contribution in [0.1, 0.15) is 11.1 Å². The minimum atomic E-state index is 0.830. The number of hydrogen-bond donors (Lipinski definition) is 1. The molecular formula is C18H23N3. The Morgan fingerprint density at radius 3 is 2.24 bits per heavy atom. The summed E-state index contributed by atoms with van der Waals surface area (Å²) in [4.78, 5) is 4.98. The molecule has 1 fully saturated rings. The second-order valence-electron chi connectivity index (χ2n) is 5.78. The van der Waals surface area contributed by atoms with E-state index in [2.05, 4.69) is 53.1 Å². The second-order valence-corrected chi connectivity index (χ2v) is 5.78. The Morgan fingerprint density at radius 1 is 0.905 bits per heavy atom. The van der Waals surface area contributed by atoms with Crippen molar-refractivity contribution in [3.8, 4) is 0 Å². The van der Waals surface area contributed by atoms with Crippen molar-refractivity contribution in [2.75, 3.05) is 36.8 Å². The lowest BCUT2D eigenvalue weighted by molar-refractivity contribution is 0.249. The Bertz CT molecular complexity index is 584. The minimum absolute atomic E-state index is 0.830. The highest BCUT2D eigenvalue weighted by molar-refractivity contribution is 5.53. The van der Waals surface area contributed by atoms with Crippen LogP contribution in [0.2, 0.25) is 0 Å². The number of nitrogens with two attached hydrogens (primary N) is 1. The lowest BCUT2D eigenvalue weighted by atomic mass is 10.1. The van der Waals surface area contributed by atoms with Crippen LogP contribution >= 0.6 is 0 Å². The van der Waals surface area contributed by atoms with E-state index in [-0.39, 0.29) is 0 Å². The molecule has 0 unspecified atom stereocenters. The average molecular weight is 281 g/mol. The van der Waals surface area contributed by atoms with Gasteiger partial charge in [-0.25, -0.2) is 0 Å². The van der Waals surface area contributed by atoms with Gasteiger partial charge in [0.25, 0.3) is 0 Å². The van der Waals surface area contributed by atoms with Gasteiger partial charge in [0.1, 0.15) is 0 Å². The third-order valence-electron chi connectivity index (χ3n) is 4.29. The van der Waals surface area contributed by atoms with Crippen LogP contribution in [0.5, 0.6) is 0 Å². The smallest absolute Gasteiger partial charge is 0.0368 e. The molecule has 2 aromatic carbocycles. The first-order chi connectivity index (χ1) is 10.2. The Hall–Kier alpha value is -2.00. The molecule has 0 atom stereocenters. The maximum absolute atomic E-state index is 5.75. The molecular weight excluding hydrogens is 258 g/mol. The van der Waals surface area contributed by atoms with E-state index in [0.717, 1.165) is 38.4 Å². The standard InChI is InChI=1S/C18H23N3/c1-15-4-2-3-5-16(15)14-20-10-12-21(13-11-20)18-8-6-17(19)7-9-18/h2-9H,10-14,19H2,1H3. The molecule has 0 bridgehead atoms. The number of nitrogens with zero attached hydrogens (tertiary/aromatic N) is 2. The third kappa shape index (κ3) is 3.37. The van der Waals surface area contributed by atoms with Gasteiger partial charge >= 0.3 is 0 Å². The highest BCUT2D eigenvalue weighted by atomic mass is 15.3. The molecule has 0 saturated carbocycles. The first-order valence-corrected chi connectivity index (χ1v) is 7.60. The lowest BCUT2D eigenvalue weighted by Gasteiger charge is -2.36. The fourth-order valence-corrected chi connectivity index (χ4v) is 2.88. The van der Waals surface area contributed by atoms with Crippen LogP contribution in [0, 0.1) is 6.92 Å². The van der Waals surface area contributed by atoms with Gasteiger partial charge in [-0.15, -0.1) is 0 Å². The topological polar surface area (TPSA) is 32.5 Å². The van der Waals surface area contributed by atoms with Gasteiger partial charge in [0.2, 0.25) is 0 Å². The summed E-state index contributed by atoms with van der Waals surface area (Å²) >= 11 is 0. The molecule has 0 amide bonds. The number of benzene rings is 2. The van der Waals surface area contributed by atoms with Crippen LogP contribution in [0.4, 0.5) is 11.4 Å². The molecule has 2 aromatic rings. The van der Waals surface area contributed by atoms with Crippen LogP contribution in [-0.4, -0.2) is 31.1 Å². The molecule has 0 spiro atoms. The van der Waals surface area contributed by atoms with Gasteiger partial charge < -0.3 is 10.6 Å². The third-order valence-corrected chi connectivity index (χ3v) is 4.29. The van der Waals surface area contributed by atoms with Crippen molar-refractivity contribution in [3.63, 3.8) is 0 Å². The van der Waals surface area contributed by atoms with E-state index in [1.54, 1.807) is 0 Å². The highest BCUT2D eigenvalue weighted by Crippen LogP contribution is 2.19. The molecule has 2 N–H and O–H groups in total. The fraction of sp³-hybridized carbons (Fsp3) is 0.333. The molecule has 1 saturated heterocycles. The number of rotatable bonds is 3. The molecule has 0 aromatic heterocycles. The van der Waals surface area contributed by atoms with Crippen molar-refractivity contribution in [1.29, 1.82) is 0 Å². The number of aryl methyl sites for hydroxylation is 1. The largest absolute Gasteiger partial charge is 0.399 e. The summed E-state index contributed by atoms with van der Waals surface area (Å²) < 4.78 is 0. The van der Waals surface area contributed by atoms with E-state index in [1.165, 1.54) is 16.8 Å². The zero-order valence-electron chi connectivity index (χ0n) is 12.6. The van der Waals surface area contributed by atoms with Crippen molar-refractivity contribution in [2.24, 2.45) is 0 Å². The molecule has 3 nitrogen and oxygen atoms in total. The van der Waals surface area contributed by atoms with Gasteiger partial charge in [-0.3, -0.25) is 4.90 Å². The summed E-state index contributed by atoms with van der Waals surface area (Å²) in [7, 11) is 0. The molecule has 1 aliphatic rings. The predicted molar refractivity (Wildman–Crippen MR) is 89.5 cm³/mol. The maximum Gasteiger partial charge on any atom is 0.0368 e. The number of nitrogen functional groups attached to an aromatic ring is 1. The van der Waals surface area contributed by atoms with Gasteiger partial charge in [-0.1, -0.05) is 24.3 Å². The molecule has 110 valence electrons. The van der Waals surface area contributed by atoms with Crippen LogP contribution in [0.25, 0.3) is 0 Å². The monoisotopic (exact) mass is 281 g/mol. The normalized spacial score (nSPS) is 16.1. The fourth-order valence-electron chi connectivity index (χ4n) is 2.88.